The lowest BCUT2D eigenvalue weighted by Gasteiger charge is -2.02. The van der Waals surface area contributed by atoms with Crippen molar-refractivity contribution in [2.24, 2.45) is 0 Å². The van der Waals surface area contributed by atoms with E-state index < -0.39 is 10.8 Å². The Bertz CT molecular complexity index is 659. The molecular formula is C10H5Cl2N3O3S. The highest BCUT2D eigenvalue weighted by Gasteiger charge is 2.18. The third kappa shape index (κ3) is 3.19. The predicted octanol–water partition coefficient (Wildman–Crippen LogP) is 3.61. The van der Waals surface area contributed by atoms with Gasteiger partial charge in [0.25, 0.3) is 5.91 Å². The summed E-state index contributed by atoms with van der Waals surface area (Å²) in [5.74, 6) is -0.826. The molecule has 0 spiro atoms. The Labute approximate surface area is 121 Å². The highest BCUT2D eigenvalue weighted by Crippen LogP contribution is 2.24. The second-order valence-electron chi connectivity index (χ2n) is 3.35. The Morgan fingerprint density at radius 3 is 2.74 bits per heavy atom. The number of aromatic nitrogens is 1. The van der Waals surface area contributed by atoms with Crippen molar-refractivity contribution in [2.75, 3.05) is 5.32 Å². The summed E-state index contributed by atoms with van der Waals surface area (Å²) in [7, 11) is 0. The fourth-order valence-electron chi connectivity index (χ4n) is 1.24. The van der Waals surface area contributed by atoms with Gasteiger partial charge in [0.2, 0.25) is 0 Å². The smallest absolute Gasteiger partial charge is 0.358 e. The summed E-state index contributed by atoms with van der Waals surface area (Å²) in [4.78, 5) is 25.3. The van der Waals surface area contributed by atoms with Crippen LogP contribution in [0.25, 0.3) is 0 Å². The average molecular weight is 318 g/mol. The zero-order chi connectivity index (χ0) is 14.0. The van der Waals surface area contributed by atoms with Crippen molar-refractivity contribution in [1.29, 1.82) is 0 Å². The number of carbonyl (C=O) groups excluding carboxylic acids is 1. The van der Waals surface area contributed by atoms with E-state index in [2.05, 4.69) is 10.3 Å². The Hall–Kier alpha value is -1.70. The van der Waals surface area contributed by atoms with Gasteiger partial charge in [0.1, 0.15) is 0 Å². The van der Waals surface area contributed by atoms with E-state index >= 15 is 0 Å². The van der Waals surface area contributed by atoms with Gasteiger partial charge in [-0.3, -0.25) is 10.1 Å². The normalized spacial score (nSPS) is 10.2. The number of nitro groups is 1. The van der Waals surface area contributed by atoms with Crippen LogP contribution < -0.4 is 5.32 Å². The monoisotopic (exact) mass is 317 g/mol. The second kappa shape index (κ2) is 5.52. The molecule has 0 aliphatic rings. The first-order valence-corrected chi connectivity index (χ1v) is 6.47. The number of benzene rings is 1. The number of hydrogen-bond donors (Lipinski definition) is 1. The van der Waals surface area contributed by atoms with Gasteiger partial charge in [-0.2, -0.15) is 0 Å². The summed E-state index contributed by atoms with van der Waals surface area (Å²) in [5.41, 5.74) is 0.212. The van der Waals surface area contributed by atoms with Crippen LogP contribution >= 0.6 is 34.5 Å². The van der Waals surface area contributed by atoms with E-state index in [-0.39, 0.29) is 21.5 Å². The number of rotatable bonds is 3. The molecule has 0 bridgehead atoms. The van der Waals surface area contributed by atoms with E-state index in [1.807, 2.05) is 0 Å². The van der Waals surface area contributed by atoms with E-state index in [9.17, 15) is 14.9 Å². The van der Waals surface area contributed by atoms with Gasteiger partial charge < -0.3 is 10.1 Å². The number of anilines is 1. The lowest BCUT2D eigenvalue weighted by Crippen LogP contribution is -2.12. The van der Waals surface area contributed by atoms with E-state index in [4.69, 9.17) is 23.2 Å². The molecule has 1 N–H and O–H groups in total. The molecule has 0 saturated heterocycles. The maximum absolute atomic E-state index is 11.9. The molecule has 9 heteroatoms. The number of halogens is 2. The number of hydrogen-bond acceptors (Lipinski definition) is 5. The molecule has 0 saturated carbocycles. The zero-order valence-electron chi connectivity index (χ0n) is 9.09. The molecule has 1 aromatic heterocycles. The topological polar surface area (TPSA) is 85.1 Å². The van der Waals surface area contributed by atoms with Crippen LogP contribution in [0.15, 0.2) is 23.6 Å². The third-order valence-electron chi connectivity index (χ3n) is 2.08. The van der Waals surface area contributed by atoms with Gasteiger partial charge >= 0.3 is 10.9 Å². The summed E-state index contributed by atoms with van der Waals surface area (Å²) in [5, 5.41) is 14.9. The van der Waals surface area contributed by atoms with Crippen molar-refractivity contribution in [3.05, 3.63) is 49.3 Å². The summed E-state index contributed by atoms with van der Waals surface area (Å²) < 4.78 is 0. The van der Waals surface area contributed by atoms with Crippen LogP contribution in [-0.4, -0.2) is 15.8 Å². The van der Waals surface area contributed by atoms with E-state index in [0.29, 0.717) is 5.02 Å². The van der Waals surface area contributed by atoms with Crippen LogP contribution in [0.5, 0.6) is 0 Å². The highest BCUT2D eigenvalue weighted by molar-refractivity contribution is 7.14. The maximum atomic E-state index is 11.9. The molecule has 6 nitrogen and oxygen atoms in total. The molecule has 98 valence electrons. The maximum Gasteiger partial charge on any atom is 0.376 e. The molecule has 0 aliphatic carbocycles. The summed E-state index contributed by atoms with van der Waals surface area (Å²) >= 11 is 12.6. The lowest BCUT2D eigenvalue weighted by atomic mass is 10.2. The molecule has 1 amide bonds. The molecule has 0 radical (unpaired) electrons. The van der Waals surface area contributed by atoms with Crippen molar-refractivity contribution in [3.8, 4) is 0 Å². The van der Waals surface area contributed by atoms with Gasteiger partial charge in [-0.05, 0) is 28.1 Å². The van der Waals surface area contributed by atoms with Gasteiger partial charge in [0.05, 0.1) is 16.0 Å². The molecule has 2 aromatic rings. The standard InChI is InChI=1S/C10H5Cl2N3O3S/c11-5-1-2-6(7(12)3-5)9(16)14-10-13-8(4-19-10)15(17)18/h1-4H,(H,13,14,16). The summed E-state index contributed by atoms with van der Waals surface area (Å²) in [6, 6.07) is 4.41. The van der Waals surface area contributed by atoms with Crippen LogP contribution in [-0.2, 0) is 0 Å². The Kier molecular flexibility index (Phi) is 3.98. The zero-order valence-corrected chi connectivity index (χ0v) is 11.4. The lowest BCUT2D eigenvalue weighted by molar-refractivity contribution is -0.389. The minimum atomic E-state index is -0.637. The average Bonchev–Trinajstić information content (AvgIpc) is 2.77. The van der Waals surface area contributed by atoms with E-state index in [1.54, 1.807) is 0 Å². The molecular weight excluding hydrogens is 313 g/mol. The van der Waals surface area contributed by atoms with Crippen molar-refractivity contribution in [2.45, 2.75) is 0 Å². The quantitative estimate of drug-likeness (QED) is 0.692. The number of nitrogens with one attached hydrogen (secondary N) is 1. The van der Waals surface area contributed by atoms with Crippen LogP contribution in [0.3, 0.4) is 0 Å². The summed E-state index contributed by atoms with van der Waals surface area (Å²) in [6.07, 6.45) is 0. The molecule has 0 fully saturated rings. The van der Waals surface area contributed by atoms with Crippen LogP contribution in [0, 0.1) is 10.1 Å². The predicted molar refractivity (Wildman–Crippen MR) is 73.2 cm³/mol. The van der Waals surface area contributed by atoms with Gasteiger partial charge in [0, 0.05) is 5.02 Å². The first-order valence-electron chi connectivity index (χ1n) is 4.83. The molecule has 0 atom stereocenters. The Balaban J connectivity index is 2.18. The molecule has 0 aliphatic heterocycles. The van der Waals surface area contributed by atoms with Crippen LogP contribution in [0.2, 0.25) is 10.0 Å². The number of nitrogens with zero attached hydrogens (tertiary/aromatic N) is 2. The fraction of sp³-hybridized carbons (Fsp3) is 0. The molecule has 0 unspecified atom stereocenters. The SMILES string of the molecule is O=C(Nc1nc([N+](=O)[O-])cs1)c1ccc(Cl)cc1Cl. The van der Waals surface area contributed by atoms with Crippen molar-refractivity contribution in [1.82, 2.24) is 4.98 Å². The van der Waals surface area contributed by atoms with E-state index in [1.165, 1.54) is 23.6 Å². The summed E-state index contributed by atoms with van der Waals surface area (Å²) in [6.45, 7) is 0. The minimum Gasteiger partial charge on any atom is -0.358 e. The Morgan fingerprint density at radius 2 is 2.16 bits per heavy atom. The van der Waals surface area contributed by atoms with Gasteiger partial charge in [-0.15, -0.1) is 0 Å². The van der Waals surface area contributed by atoms with Crippen LogP contribution in [0.1, 0.15) is 10.4 Å². The van der Waals surface area contributed by atoms with E-state index in [0.717, 1.165) is 11.3 Å². The van der Waals surface area contributed by atoms with Crippen LogP contribution in [0.4, 0.5) is 10.9 Å². The molecule has 1 aromatic carbocycles. The molecule has 2 rings (SSSR count). The third-order valence-corrected chi connectivity index (χ3v) is 3.37. The second-order valence-corrected chi connectivity index (χ2v) is 5.05. The first kappa shape index (κ1) is 13.7. The first-order chi connectivity index (χ1) is 8.97. The van der Waals surface area contributed by atoms with Crippen molar-refractivity contribution in [3.63, 3.8) is 0 Å². The van der Waals surface area contributed by atoms with Gasteiger partial charge in [0.15, 0.2) is 0 Å². The van der Waals surface area contributed by atoms with Crippen molar-refractivity contribution >= 4 is 51.4 Å². The van der Waals surface area contributed by atoms with Gasteiger partial charge in [-0.25, -0.2) is 0 Å². The number of thiazole rings is 1. The fourth-order valence-corrected chi connectivity index (χ4v) is 2.39. The molecule has 19 heavy (non-hydrogen) atoms. The highest BCUT2D eigenvalue weighted by atomic mass is 35.5. The number of carbonyl (C=O) groups is 1. The van der Waals surface area contributed by atoms with Gasteiger partial charge in [-0.1, -0.05) is 34.5 Å². The molecule has 1 heterocycles. The minimum absolute atomic E-state index is 0.128. The largest absolute Gasteiger partial charge is 0.376 e. The Morgan fingerprint density at radius 1 is 1.42 bits per heavy atom. The number of amides is 1. The van der Waals surface area contributed by atoms with Crippen molar-refractivity contribution < 1.29 is 9.72 Å².